The molecule has 0 amide bonds. The van der Waals surface area contributed by atoms with Gasteiger partial charge in [0.15, 0.2) is 6.23 Å². The van der Waals surface area contributed by atoms with E-state index in [1.165, 1.54) is 13.3 Å². The van der Waals surface area contributed by atoms with E-state index in [2.05, 4.69) is 9.99 Å². The van der Waals surface area contributed by atoms with E-state index in [9.17, 15) is 24.9 Å². The van der Waals surface area contributed by atoms with Gasteiger partial charge in [-0.2, -0.15) is 0 Å². The largest absolute Gasteiger partial charge is 0.399 e. The van der Waals surface area contributed by atoms with Crippen molar-refractivity contribution in [2.24, 2.45) is 5.16 Å². The molecule has 1 aromatic rings. The Morgan fingerprint density at radius 1 is 1.59 bits per heavy atom. The zero-order chi connectivity index (χ0) is 16.3. The van der Waals surface area contributed by atoms with Gasteiger partial charge < -0.3 is 24.9 Å². The minimum Gasteiger partial charge on any atom is -0.399 e. The molecule has 0 spiro atoms. The molecule has 0 aromatic carbocycles. The Labute approximate surface area is 124 Å². The predicted octanol–water partition coefficient (Wildman–Crippen LogP) is -2.46. The van der Waals surface area contributed by atoms with E-state index in [1.54, 1.807) is 0 Å². The molecule has 2 rings (SSSR count). The minimum atomic E-state index is -1.86. The van der Waals surface area contributed by atoms with Gasteiger partial charge in [-0.05, 0) is 0 Å². The van der Waals surface area contributed by atoms with Gasteiger partial charge in [-0.3, -0.25) is 14.3 Å². The van der Waals surface area contributed by atoms with Crippen LogP contribution in [0.15, 0.2) is 27.0 Å². The lowest BCUT2D eigenvalue weighted by atomic mass is 9.89. The number of aliphatic hydroxyl groups is 3. The Bertz CT molecular complexity index is 655. The summed E-state index contributed by atoms with van der Waals surface area (Å²) in [4.78, 5) is 29.3. The molecule has 1 saturated heterocycles. The van der Waals surface area contributed by atoms with Gasteiger partial charge in [0.05, 0.1) is 6.61 Å². The third-order valence-corrected chi connectivity index (χ3v) is 3.53. The summed E-state index contributed by atoms with van der Waals surface area (Å²) in [5.41, 5.74) is -3.27. The number of aromatic nitrogens is 2. The van der Waals surface area contributed by atoms with E-state index < -0.39 is 41.9 Å². The maximum Gasteiger partial charge on any atom is 0.330 e. The molecule has 22 heavy (non-hydrogen) atoms. The molecule has 4 N–H and O–H groups in total. The van der Waals surface area contributed by atoms with Gasteiger partial charge in [-0.15, -0.1) is 0 Å². The average Bonchev–Trinajstić information content (AvgIpc) is 2.72. The second-order valence-corrected chi connectivity index (χ2v) is 4.83. The van der Waals surface area contributed by atoms with E-state index in [-0.39, 0.29) is 6.42 Å². The third-order valence-electron chi connectivity index (χ3n) is 3.53. The first-order chi connectivity index (χ1) is 10.4. The quantitative estimate of drug-likeness (QED) is 0.348. The molecule has 122 valence electrons. The van der Waals surface area contributed by atoms with E-state index in [0.29, 0.717) is 0 Å². The molecule has 0 bridgehead atoms. The van der Waals surface area contributed by atoms with Crippen molar-refractivity contribution < 1.29 is 24.9 Å². The molecule has 0 saturated carbocycles. The molecule has 0 aliphatic carbocycles. The maximum atomic E-state index is 11.8. The first-order valence-corrected chi connectivity index (χ1v) is 6.47. The van der Waals surface area contributed by atoms with Crippen molar-refractivity contribution in [3.05, 3.63) is 33.1 Å². The van der Waals surface area contributed by atoms with Crippen LogP contribution in [0.25, 0.3) is 0 Å². The number of ether oxygens (including phenoxy) is 1. The van der Waals surface area contributed by atoms with Crippen molar-refractivity contribution in [1.29, 1.82) is 0 Å². The summed E-state index contributed by atoms with van der Waals surface area (Å²) < 4.78 is 6.30. The minimum absolute atomic E-state index is 0.165. The fraction of sp³-hybridized carbons (Fsp3) is 0.583. The fourth-order valence-corrected chi connectivity index (χ4v) is 2.35. The Kier molecular flexibility index (Phi) is 4.76. The second kappa shape index (κ2) is 6.40. The third kappa shape index (κ3) is 2.81. The molecular formula is C12H17N3O7. The summed E-state index contributed by atoms with van der Waals surface area (Å²) in [6.07, 6.45) is -1.75. The summed E-state index contributed by atoms with van der Waals surface area (Å²) in [6, 6.07) is 1.08. The number of aromatic amines is 1. The van der Waals surface area contributed by atoms with Gasteiger partial charge in [-0.25, -0.2) is 4.79 Å². The van der Waals surface area contributed by atoms with Crippen LogP contribution < -0.4 is 11.2 Å². The average molecular weight is 315 g/mol. The van der Waals surface area contributed by atoms with Crippen LogP contribution >= 0.6 is 0 Å². The van der Waals surface area contributed by atoms with Crippen molar-refractivity contribution in [1.82, 2.24) is 9.55 Å². The molecule has 0 radical (unpaired) electrons. The lowest BCUT2D eigenvalue weighted by Crippen LogP contribution is -2.49. The first-order valence-electron chi connectivity index (χ1n) is 6.47. The smallest absolute Gasteiger partial charge is 0.330 e. The highest BCUT2D eigenvalue weighted by molar-refractivity contribution is 5.58. The van der Waals surface area contributed by atoms with Gasteiger partial charge in [0.2, 0.25) is 0 Å². The van der Waals surface area contributed by atoms with E-state index >= 15 is 0 Å². The van der Waals surface area contributed by atoms with Crippen LogP contribution in [0.3, 0.4) is 0 Å². The monoisotopic (exact) mass is 315 g/mol. The van der Waals surface area contributed by atoms with Crippen LogP contribution in [0.1, 0.15) is 12.6 Å². The maximum absolute atomic E-state index is 11.8. The summed E-state index contributed by atoms with van der Waals surface area (Å²) in [5, 5.41) is 33.7. The molecular weight excluding hydrogens is 298 g/mol. The number of H-pyrrole nitrogens is 1. The van der Waals surface area contributed by atoms with E-state index in [4.69, 9.17) is 4.74 Å². The van der Waals surface area contributed by atoms with E-state index in [0.717, 1.165) is 16.8 Å². The molecule has 2 heterocycles. The van der Waals surface area contributed by atoms with Crippen molar-refractivity contribution in [3.8, 4) is 0 Å². The Morgan fingerprint density at radius 3 is 2.91 bits per heavy atom. The summed E-state index contributed by atoms with van der Waals surface area (Å²) in [5.74, 6) is 0. The standard InChI is InChI=1S/C12H17N3O7/c1-21-13-4-3-12(20)7(6-16)22-10(9(12)18)15-5-2-8(17)14-11(15)19/h2,4-5,7,9-10,16,18,20H,3,6H2,1H3,(H,14,17,19)/b13-4+/t7-,9+,10-,12-/m1/s1. The van der Waals surface area contributed by atoms with Crippen molar-refractivity contribution in [2.75, 3.05) is 13.7 Å². The highest BCUT2D eigenvalue weighted by Crippen LogP contribution is 2.38. The molecule has 1 fully saturated rings. The van der Waals surface area contributed by atoms with Gasteiger partial charge in [0.1, 0.15) is 24.9 Å². The molecule has 1 aliphatic rings. The number of hydrogen-bond acceptors (Lipinski definition) is 8. The van der Waals surface area contributed by atoms with Crippen LogP contribution in [-0.2, 0) is 9.57 Å². The Morgan fingerprint density at radius 2 is 2.32 bits per heavy atom. The van der Waals surface area contributed by atoms with Crippen molar-refractivity contribution in [2.45, 2.75) is 30.5 Å². The van der Waals surface area contributed by atoms with Gasteiger partial charge >= 0.3 is 5.69 Å². The molecule has 1 aliphatic heterocycles. The number of oxime groups is 1. The number of nitrogens with zero attached hydrogens (tertiary/aromatic N) is 2. The van der Waals surface area contributed by atoms with Crippen molar-refractivity contribution >= 4 is 6.21 Å². The molecule has 0 unspecified atom stereocenters. The summed E-state index contributed by atoms with van der Waals surface area (Å²) in [6.45, 7) is -0.580. The van der Waals surface area contributed by atoms with E-state index in [1.807, 2.05) is 4.98 Å². The highest BCUT2D eigenvalue weighted by Gasteiger charge is 2.55. The first kappa shape index (κ1) is 16.4. The summed E-state index contributed by atoms with van der Waals surface area (Å²) in [7, 11) is 1.31. The molecule has 1 aromatic heterocycles. The predicted molar refractivity (Wildman–Crippen MR) is 73.4 cm³/mol. The van der Waals surface area contributed by atoms with Gasteiger partial charge in [0.25, 0.3) is 5.56 Å². The lowest BCUT2D eigenvalue weighted by molar-refractivity contribution is -0.0875. The Balaban J connectivity index is 2.34. The zero-order valence-electron chi connectivity index (χ0n) is 11.7. The van der Waals surface area contributed by atoms with Crippen LogP contribution in [0.4, 0.5) is 0 Å². The van der Waals surface area contributed by atoms with Crippen LogP contribution in [0.2, 0.25) is 0 Å². The topological polar surface area (TPSA) is 146 Å². The number of hydrogen-bond donors (Lipinski definition) is 4. The second-order valence-electron chi connectivity index (χ2n) is 4.83. The SMILES string of the molecule is CO/N=C/C[C@@]1(O)[C@@H](CO)O[C@@H](n2ccc(=O)[nH]c2=O)[C@@H]1O. The number of aliphatic hydroxyl groups excluding tert-OH is 2. The zero-order valence-corrected chi connectivity index (χ0v) is 11.7. The van der Waals surface area contributed by atoms with Crippen LogP contribution in [0, 0.1) is 0 Å². The number of rotatable bonds is 5. The summed E-state index contributed by atoms with van der Waals surface area (Å²) >= 11 is 0. The Hall–Kier alpha value is -2.01. The highest BCUT2D eigenvalue weighted by atomic mass is 16.6. The fourth-order valence-electron chi connectivity index (χ4n) is 2.35. The van der Waals surface area contributed by atoms with Gasteiger partial charge in [0, 0.05) is 24.9 Å². The number of nitrogens with one attached hydrogen (secondary N) is 1. The molecule has 10 heteroatoms. The molecule has 4 atom stereocenters. The van der Waals surface area contributed by atoms with Crippen LogP contribution in [0.5, 0.6) is 0 Å². The molecule has 10 nitrogen and oxygen atoms in total. The lowest BCUT2D eigenvalue weighted by Gasteiger charge is -2.28. The van der Waals surface area contributed by atoms with Crippen molar-refractivity contribution in [3.63, 3.8) is 0 Å². The van der Waals surface area contributed by atoms with Crippen LogP contribution in [-0.4, -0.2) is 62.6 Å². The van der Waals surface area contributed by atoms with Gasteiger partial charge in [-0.1, -0.05) is 5.16 Å². The normalized spacial score (nSPS) is 31.7.